The molecule has 1 N–H and O–H groups in total. The van der Waals surface area contributed by atoms with Gasteiger partial charge in [0.25, 0.3) is 0 Å². The van der Waals surface area contributed by atoms with Gasteiger partial charge in [-0.2, -0.15) is 0 Å². The molecule has 0 aliphatic heterocycles. The lowest BCUT2D eigenvalue weighted by atomic mass is 10.1. The van der Waals surface area contributed by atoms with Crippen LogP contribution in [0, 0.1) is 13.8 Å². The highest BCUT2D eigenvalue weighted by atomic mass is 32.2. The predicted octanol–water partition coefficient (Wildman–Crippen LogP) is 2.73. The molecule has 0 aliphatic carbocycles. The maximum Gasteiger partial charge on any atom is 0.246 e. The van der Waals surface area contributed by atoms with E-state index in [0.29, 0.717) is 12.1 Å². The first-order valence-corrected chi connectivity index (χ1v) is 8.46. The number of sulfonamides is 1. The summed E-state index contributed by atoms with van der Waals surface area (Å²) in [5, 5.41) is 3.70. The molecule has 7 heteroatoms. The fraction of sp³-hybridized carbons (Fsp3) is 0.400. The Morgan fingerprint density at radius 3 is 2.36 bits per heavy atom. The normalized spacial score (nSPS) is 13.1. The van der Waals surface area contributed by atoms with Gasteiger partial charge in [0.05, 0.1) is 7.11 Å². The summed E-state index contributed by atoms with van der Waals surface area (Å²) >= 11 is 0. The molecule has 1 atom stereocenters. The lowest BCUT2D eigenvalue weighted by molar-refractivity contribution is 0.390. The molecule has 120 valence electrons. The number of methoxy groups -OCH3 is 1. The van der Waals surface area contributed by atoms with Gasteiger partial charge in [-0.25, -0.2) is 13.1 Å². The van der Waals surface area contributed by atoms with Crippen molar-refractivity contribution in [2.75, 3.05) is 7.11 Å². The van der Waals surface area contributed by atoms with Gasteiger partial charge in [-0.1, -0.05) is 24.2 Å². The molecule has 0 saturated heterocycles. The predicted molar refractivity (Wildman–Crippen MR) is 82.3 cm³/mol. The topological polar surface area (TPSA) is 81.4 Å². The van der Waals surface area contributed by atoms with Gasteiger partial charge in [0, 0.05) is 6.04 Å². The zero-order chi connectivity index (χ0) is 16.3. The van der Waals surface area contributed by atoms with Crippen LogP contribution in [0.2, 0.25) is 0 Å². The minimum atomic E-state index is -3.69. The Morgan fingerprint density at radius 1 is 1.27 bits per heavy atom. The first-order valence-electron chi connectivity index (χ1n) is 6.98. The third-order valence-electron chi connectivity index (χ3n) is 3.46. The van der Waals surface area contributed by atoms with Crippen molar-refractivity contribution in [2.45, 2.75) is 38.1 Å². The molecule has 0 bridgehead atoms. The minimum Gasteiger partial charge on any atom is -0.497 e. The summed E-state index contributed by atoms with van der Waals surface area (Å²) in [6.07, 6.45) is 0.620. The van der Waals surface area contributed by atoms with Gasteiger partial charge in [0.1, 0.15) is 16.3 Å². The second-order valence-electron chi connectivity index (χ2n) is 5.01. The maximum absolute atomic E-state index is 12.6. The molecule has 2 aromatic rings. The van der Waals surface area contributed by atoms with Crippen LogP contribution in [0.15, 0.2) is 33.7 Å². The van der Waals surface area contributed by atoms with Crippen molar-refractivity contribution < 1.29 is 17.7 Å². The number of hydrogen-bond acceptors (Lipinski definition) is 5. The highest BCUT2D eigenvalue weighted by Crippen LogP contribution is 2.25. The van der Waals surface area contributed by atoms with Crippen molar-refractivity contribution in [3.8, 4) is 5.75 Å². The van der Waals surface area contributed by atoms with Crippen LogP contribution in [0.4, 0.5) is 0 Å². The van der Waals surface area contributed by atoms with Crippen LogP contribution in [0.5, 0.6) is 5.75 Å². The fourth-order valence-corrected chi connectivity index (χ4v) is 3.96. The first kappa shape index (κ1) is 16.5. The molecular formula is C15H20N2O4S. The molecule has 6 nitrogen and oxygen atoms in total. The molecular weight excluding hydrogens is 304 g/mol. The zero-order valence-corrected chi connectivity index (χ0v) is 13.9. The number of aromatic nitrogens is 1. The Labute approximate surface area is 130 Å². The van der Waals surface area contributed by atoms with Crippen molar-refractivity contribution in [3.63, 3.8) is 0 Å². The zero-order valence-electron chi connectivity index (χ0n) is 13.1. The Balaban J connectivity index is 2.29. The smallest absolute Gasteiger partial charge is 0.246 e. The second kappa shape index (κ2) is 6.50. The van der Waals surface area contributed by atoms with Crippen molar-refractivity contribution in [1.82, 2.24) is 9.88 Å². The van der Waals surface area contributed by atoms with E-state index in [4.69, 9.17) is 9.26 Å². The molecule has 0 amide bonds. The number of ether oxygens (including phenoxy) is 1. The van der Waals surface area contributed by atoms with E-state index < -0.39 is 10.0 Å². The number of nitrogens with zero attached hydrogens (tertiary/aromatic N) is 1. The molecule has 1 aromatic carbocycles. The summed E-state index contributed by atoms with van der Waals surface area (Å²) in [5.41, 5.74) is 1.23. The van der Waals surface area contributed by atoms with E-state index in [0.717, 1.165) is 11.3 Å². The molecule has 0 spiro atoms. The van der Waals surface area contributed by atoms with Crippen molar-refractivity contribution in [3.05, 3.63) is 41.3 Å². The quantitative estimate of drug-likeness (QED) is 0.883. The molecule has 0 fully saturated rings. The van der Waals surface area contributed by atoms with Crippen LogP contribution in [0.1, 0.15) is 36.4 Å². The number of hydrogen-bond donors (Lipinski definition) is 1. The third kappa shape index (κ3) is 3.31. The lowest BCUT2D eigenvalue weighted by Gasteiger charge is -2.17. The van der Waals surface area contributed by atoms with Crippen LogP contribution in [0.25, 0.3) is 0 Å². The highest BCUT2D eigenvalue weighted by Gasteiger charge is 2.27. The van der Waals surface area contributed by atoms with E-state index >= 15 is 0 Å². The van der Waals surface area contributed by atoms with Crippen LogP contribution in [-0.2, 0) is 10.0 Å². The van der Waals surface area contributed by atoms with Gasteiger partial charge in [-0.3, -0.25) is 0 Å². The largest absolute Gasteiger partial charge is 0.497 e. The van der Waals surface area contributed by atoms with Gasteiger partial charge in [-0.05, 0) is 38.0 Å². The molecule has 0 saturated carbocycles. The molecule has 2 rings (SSSR count). The van der Waals surface area contributed by atoms with Crippen molar-refractivity contribution in [1.29, 1.82) is 0 Å². The number of benzene rings is 1. The summed E-state index contributed by atoms with van der Waals surface area (Å²) in [6.45, 7) is 5.12. The maximum atomic E-state index is 12.6. The van der Waals surface area contributed by atoms with E-state index in [1.54, 1.807) is 21.0 Å². The third-order valence-corrected chi connectivity index (χ3v) is 5.18. The Hall–Kier alpha value is -1.86. The summed E-state index contributed by atoms with van der Waals surface area (Å²) < 4.78 is 37.9. The number of nitrogens with one attached hydrogen (secondary N) is 1. The van der Waals surface area contributed by atoms with E-state index in [2.05, 4.69) is 9.88 Å². The Kier molecular flexibility index (Phi) is 4.87. The van der Waals surface area contributed by atoms with Crippen molar-refractivity contribution in [2.24, 2.45) is 0 Å². The molecule has 22 heavy (non-hydrogen) atoms. The Bertz CT molecular complexity index is 716. The van der Waals surface area contributed by atoms with Gasteiger partial charge in [0.15, 0.2) is 5.76 Å². The number of rotatable bonds is 6. The lowest BCUT2D eigenvalue weighted by Crippen LogP contribution is -2.29. The van der Waals surface area contributed by atoms with Crippen LogP contribution in [0.3, 0.4) is 0 Å². The highest BCUT2D eigenvalue weighted by molar-refractivity contribution is 7.89. The molecule has 1 heterocycles. The molecule has 0 aliphatic rings. The second-order valence-corrected chi connectivity index (χ2v) is 6.66. The Morgan fingerprint density at radius 2 is 1.91 bits per heavy atom. The average molecular weight is 324 g/mol. The number of aryl methyl sites for hydroxylation is 2. The van der Waals surface area contributed by atoms with Gasteiger partial charge < -0.3 is 9.26 Å². The SMILES string of the molecule is CC[C@H](NS(=O)(=O)c1c(C)noc1C)c1ccc(OC)cc1. The van der Waals surface area contributed by atoms with Crippen LogP contribution >= 0.6 is 0 Å². The van der Waals surface area contributed by atoms with Gasteiger partial charge in [-0.15, -0.1) is 0 Å². The minimum absolute atomic E-state index is 0.111. The summed E-state index contributed by atoms with van der Waals surface area (Å²) in [7, 11) is -2.10. The summed E-state index contributed by atoms with van der Waals surface area (Å²) in [6, 6.07) is 6.99. The fourth-order valence-electron chi connectivity index (χ4n) is 2.33. The first-order chi connectivity index (χ1) is 10.4. The van der Waals surface area contributed by atoms with Gasteiger partial charge in [0.2, 0.25) is 10.0 Å². The van der Waals surface area contributed by atoms with E-state index in [1.807, 2.05) is 31.2 Å². The van der Waals surface area contributed by atoms with Gasteiger partial charge >= 0.3 is 0 Å². The monoisotopic (exact) mass is 324 g/mol. The summed E-state index contributed by atoms with van der Waals surface area (Å²) in [4.78, 5) is 0.111. The summed E-state index contributed by atoms with van der Waals surface area (Å²) in [5.74, 6) is 1.02. The van der Waals surface area contributed by atoms with Crippen LogP contribution < -0.4 is 9.46 Å². The van der Waals surface area contributed by atoms with E-state index in [-0.39, 0.29) is 16.7 Å². The van der Waals surface area contributed by atoms with E-state index in [9.17, 15) is 8.42 Å². The van der Waals surface area contributed by atoms with Crippen molar-refractivity contribution >= 4 is 10.0 Å². The molecule has 0 radical (unpaired) electrons. The molecule has 0 unspecified atom stereocenters. The molecule has 1 aromatic heterocycles. The standard InChI is InChI=1S/C15H20N2O4S/c1-5-14(12-6-8-13(20-4)9-7-12)17-22(18,19)15-10(2)16-21-11(15)3/h6-9,14,17H,5H2,1-4H3/t14-/m0/s1. The van der Waals surface area contributed by atoms with E-state index in [1.165, 1.54) is 0 Å². The average Bonchev–Trinajstić information content (AvgIpc) is 2.84. The van der Waals surface area contributed by atoms with Crippen LogP contribution in [-0.4, -0.2) is 20.7 Å².